The molecule has 1 aliphatic heterocycles. The predicted molar refractivity (Wildman–Crippen MR) is 142 cm³/mol. The van der Waals surface area contributed by atoms with E-state index in [2.05, 4.69) is 15.3 Å². The number of benzene rings is 3. The number of pyridine rings is 1. The molecule has 0 radical (unpaired) electrons. The zero-order chi connectivity index (χ0) is 25.9. The summed E-state index contributed by atoms with van der Waals surface area (Å²) in [5, 5.41) is 2.94. The van der Waals surface area contributed by atoms with Gasteiger partial charge >= 0.3 is 0 Å². The molecule has 0 saturated carbocycles. The van der Waals surface area contributed by atoms with Gasteiger partial charge in [0, 0.05) is 16.8 Å². The molecule has 8 heteroatoms. The van der Waals surface area contributed by atoms with Gasteiger partial charge < -0.3 is 24.5 Å². The number of nitrogens with zero attached hydrogens (tertiary/aromatic N) is 2. The van der Waals surface area contributed by atoms with Gasteiger partial charge in [0.2, 0.25) is 6.79 Å². The van der Waals surface area contributed by atoms with Crippen molar-refractivity contribution in [3.05, 3.63) is 108 Å². The Labute approximate surface area is 219 Å². The van der Waals surface area contributed by atoms with E-state index in [9.17, 15) is 4.79 Å². The van der Waals surface area contributed by atoms with Crippen LogP contribution in [0.1, 0.15) is 21.9 Å². The van der Waals surface area contributed by atoms with Crippen molar-refractivity contribution in [1.29, 1.82) is 0 Å². The Morgan fingerprint density at radius 2 is 1.68 bits per heavy atom. The first-order valence-corrected chi connectivity index (χ1v) is 12.2. The molecule has 3 heterocycles. The highest BCUT2D eigenvalue weighted by atomic mass is 16.7. The molecule has 8 nitrogen and oxygen atoms in total. The van der Waals surface area contributed by atoms with Crippen LogP contribution in [-0.2, 0) is 6.54 Å². The van der Waals surface area contributed by atoms with Crippen molar-refractivity contribution in [3.8, 4) is 45.6 Å². The molecule has 6 rings (SSSR count). The van der Waals surface area contributed by atoms with Crippen LogP contribution in [-0.4, -0.2) is 27.7 Å². The average molecular weight is 505 g/mol. The number of fused-ring (bicyclic) bond motifs is 1. The van der Waals surface area contributed by atoms with Gasteiger partial charge in [-0.1, -0.05) is 24.3 Å². The topological polar surface area (TPSA) is 98.4 Å². The van der Waals surface area contributed by atoms with Crippen LogP contribution in [0, 0.1) is 6.92 Å². The van der Waals surface area contributed by atoms with Crippen LogP contribution in [0.2, 0.25) is 0 Å². The summed E-state index contributed by atoms with van der Waals surface area (Å²) in [6.45, 7) is 2.35. The SMILES string of the molecule is Cc1cccc(-c2[nH]c(CNC(=O)c3ccc(Oc4ccccc4)cc3)nc2-c2ccc3c(c2)OCO3)n1. The average Bonchev–Trinajstić information content (AvgIpc) is 3.60. The minimum Gasteiger partial charge on any atom is -0.457 e. The third kappa shape index (κ3) is 4.92. The highest BCUT2D eigenvalue weighted by Gasteiger charge is 2.20. The first-order valence-electron chi connectivity index (χ1n) is 12.2. The number of imidazole rings is 1. The second-order valence-electron chi connectivity index (χ2n) is 8.76. The van der Waals surface area contributed by atoms with E-state index in [0.29, 0.717) is 34.3 Å². The van der Waals surface area contributed by atoms with E-state index in [-0.39, 0.29) is 19.2 Å². The zero-order valence-corrected chi connectivity index (χ0v) is 20.6. The van der Waals surface area contributed by atoms with E-state index in [0.717, 1.165) is 28.4 Å². The quantitative estimate of drug-likeness (QED) is 0.286. The summed E-state index contributed by atoms with van der Waals surface area (Å²) in [6, 6.07) is 28.0. The molecule has 0 fully saturated rings. The second kappa shape index (κ2) is 10.1. The van der Waals surface area contributed by atoms with Gasteiger partial charge in [-0.05, 0) is 73.7 Å². The molecule has 0 unspecified atom stereocenters. The smallest absolute Gasteiger partial charge is 0.251 e. The number of aromatic nitrogens is 3. The Bertz CT molecular complexity index is 1600. The fourth-order valence-corrected chi connectivity index (χ4v) is 4.19. The highest BCUT2D eigenvalue weighted by Crippen LogP contribution is 2.38. The molecule has 0 spiro atoms. The van der Waals surface area contributed by atoms with Gasteiger partial charge in [0.1, 0.15) is 17.3 Å². The minimum atomic E-state index is -0.215. The lowest BCUT2D eigenvalue weighted by Gasteiger charge is -2.07. The maximum atomic E-state index is 12.9. The van der Waals surface area contributed by atoms with Gasteiger partial charge in [-0.15, -0.1) is 0 Å². The van der Waals surface area contributed by atoms with Crippen molar-refractivity contribution in [2.24, 2.45) is 0 Å². The van der Waals surface area contributed by atoms with Gasteiger partial charge in [-0.25, -0.2) is 4.98 Å². The first-order chi connectivity index (χ1) is 18.6. The van der Waals surface area contributed by atoms with Crippen molar-refractivity contribution in [1.82, 2.24) is 20.3 Å². The zero-order valence-electron chi connectivity index (χ0n) is 20.6. The van der Waals surface area contributed by atoms with Gasteiger partial charge in [0.05, 0.1) is 23.6 Å². The molecule has 0 bridgehead atoms. The third-order valence-corrected chi connectivity index (χ3v) is 6.06. The number of carbonyl (C=O) groups excluding carboxylic acids is 1. The Kier molecular flexibility index (Phi) is 6.19. The van der Waals surface area contributed by atoms with Crippen LogP contribution >= 0.6 is 0 Å². The van der Waals surface area contributed by atoms with Gasteiger partial charge in [-0.2, -0.15) is 0 Å². The molecule has 1 aliphatic rings. The Hall–Kier alpha value is -5.11. The number of amides is 1. The summed E-state index contributed by atoms with van der Waals surface area (Å²) < 4.78 is 16.8. The Balaban J connectivity index is 1.21. The lowest BCUT2D eigenvalue weighted by atomic mass is 10.1. The standard InChI is InChI=1S/C30H24N4O4/c1-19-6-5-9-24(32-19)29-28(21-12-15-25-26(16-21)37-18-36-25)33-27(34-29)17-31-30(35)20-10-13-23(14-11-20)38-22-7-3-2-4-8-22/h2-16H,17-18H2,1H3,(H,31,35)(H,33,34). The monoisotopic (exact) mass is 504 g/mol. The molecule has 0 atom stereocenters. The molecular weight excluding hydrogens is 480 g/mol. The lowest BCUT2D eigenvalue weighted by Crippen LogP contribution is -2.23. The summed E-state index contributed by atoms with van der Waals surface area (Å²) in [5.41, 5.74) is 4.51. The Morgan fingerprint density at radius 3 is 2.50 bits per heavy atom. The molecule has 1 amide bonds. The number of nitrogens with one attached hydrogen (secondary N) is 2. The fourth-order valence-electron chi connectivity index (χ4n) is 4.19. The number of ether oxygens (including phenoxy) is 3. The normalized spacial score (nSPS) is 11.8. The molecule has 0 aliphatic carbocycles. The number of aromatic amines is 1. The van der Waals surface area contributed by atoms with Crippen molar-refractivity contribution in [2.75, 3.05) is 6.79 Å². The molecule has 3 aromatic carbocycles. The van der Waals surface area contributed by atoms with Crippen LogP contribution < -0.4 is 19.5 Å². The van der Waals surface area contributed by atoms with Crippen LogP contribution in [0.25, 0.3) is 22.6 Å². The van der Waals surface area contributed by atoms with E-state index >= 15 is 0 Å². The van der Waals surface area contributed by atoms with E-state index in [1.54, 1.807) is 24.3 Å². The number of H-pyrrole nitrogens is 1. The van der Waals surface area contributed by atoms with Gasteiger partial charge in [0.25, 0.3) is 5.91 Å². The van der Waals surface area contributed by atoms with Crippen molar-refractivity contribution in [2.45, 2.75) is 13.5 Å². The summed E-state index contributed by atoms with van der Waals surface area (Å²) in [4.78, 5) is 25.7. The number of hydrogen-bond donors (Lipinski definition) is 2. The van der Waals surface area contributed by atoms with Crippen LogP contribution in [0.15, 0.2) is 91.0 Å². The lowest BCUT2D eigenvalue weighted by molar-refractivity contribution is 0.0950. The van der Waals surface area contributed by atoms with E-state index in [1.807, 2.05) is 73.7 Å². The van der Waals surface area contributed by atoms with Crippen LogP contribution in [0.5, 0.6) is 23.0 Å². The molecule has 2 aromatic heterocycles. The number of carbonyl (C=O) groups is 1. The Morgan fingerprint density at radius 1 is 0.895 bits per heavy atom. The molecular formula is C30H24N4O4. The number of hydrogen-bond acceptors (Lipinski definition) is 6. The summed E-state index contributed by atoms with van der Waals surface area (Å²) in [7, 11) is 0. The number of aryl methyl sites for hydroxylation is 1. The third-order valence-electron chi connectivity index (χ3n) is 6.06. The van der Waals surface area contributed by atoms with Crippen LogP contribution in [0.4, 0.5) is 0 Å². The summed E-state index contributed by atoms with van der Waals surface area (Å²) >= 11 is 0. The molecule has 188 valence electrons. The largest absolute Gasteiger partial charge is 0.457 e. The number of rotatable bonds is 7. The first kappa shape index (κ1) is 23.3. The van der Waals surface area contributed by atoms with E-state index in [4.69, 9.17) is 19.2 Å². The van der Waals surface area contributed by atoms with E-state index < -0.39 is 0 Å². The summed E-state index contributed by atoms with van der Waals surface area (Å²) in [5.74, 6) is 3.15. The van der Waals surface area contributed by atoms with Gasteiger partial charge in [-0.3, -0.25) is 9.78 Å². The maximum Gasteiger partial charge on any atom is 0.251 e. The molecule has 5 aromatic rings. The molecule has 2 N–H and O–H groups in total. The molecule has 38 heavy (non-hydrogen) atoms. The second-order valence-corrected chi connectivity index (χ2v) is 8.76. The predicted octanol–water partition coefficient (Wildman–Crippen LogP) is 5.90. The molecule has 0 saturated heterocycles. The van der Waals surface area contributed by atoms with Crippen molar-refractivity contribution < 1.29 is 19.0 Å². The fraction of sp³-hybridized carbons (Fsp3) is 0.100. The van der Waals surface area contributed by atoms with Crippen molar-refractivity contribution >= 4 is 5.91 Å². The summed E-state index contributed by atoms with van der Waals surface area (Å²) in [6.07, 6.45) is 0. The van der Waals surface area contributed by atoms with Gasteiger partial charge in [0.15, 0.2) is 11.5 Å². The van der Waals surface area contributed by atoms with Crippen molar-refractivity contribution in [3.63, 3.8) is 0 Å². The van der Waals surface area contributed by atoms with E-state index in [1.165, 1.54) is 0 Å². The minimum absolute atomic E-state index is 0.197. The van der Waals surface area contributed by atoms with Crippen LogP contribution in [0.3, 0.4) is 0 Å². The number of para-hydroxylation sites is 1. The maximum absolute atomic E-state index is 12.9. The highest BCUT2D eigenvalue weighted by molar-refractivity contribution is 5.94.